The molecule has 3 aromatic rings. The van der Waals surface area contributed by atoms with Crippen molar-refractivity contribution in [3.63, 3.8) is 0 Å². The maximum atomic E-state index is 14.7. The molecule has 1 atom stereocenters. The summed E-state index contributed by atoms with van der Waals surface area (Å²) >= 11 is 1.29. The van der Waals surface area contributed by atoms with Gasteiger partial charge in [0.15, 0.2) is 16.7 Å². The van der Waals surface area contributed by atoms with Gasteiger partial charge < -0.3 is 9.47 Å². The van der Waals surface area contributed by atoms with Crippen LogP contribution in [-0.4, -0.2) is 12.9 Å². The molecule has 26 heavy (non-hydrogen) atoms. The van der Waals surface area contributed by atoms with Crippen LogP contribution in [0.25, 0.3) is 21.6 Å². The number of benzene rings is 2. The number of hydrogen-bond acceptors (Lipinski definition) is 3. The van der Waals surface area contributed by atoms with Crippen LogP contribution >= 0.6 is 11.3 Å². The van der Waals surface area contributed by atoms with Crippen molar-refractivity contribution in [3.05, 3.63) is 65.7 Å². The molecule has 0 saturated carbocycles. The van der Waals surface area contributed by atoms with Crippen LogP contribution in [0.15, 0.2) is 48.5 Å². The first-order valence-corrected chi connectivity index (χ1v) is 9.37. The minimum Gasteiger partial charge on any atom is -0.455 e. The largest absolute Gasteiger partial charge is 0.455 e. The summed E-state index contributed by atoms with van der Waals surface area (Å²) in [6, 6.07) is 14.1. The first kappa shape index (κ1) is 17.2. The number of aryl methyl sites for hydroxylation is 1. The van der Waals surface area contributed by atoms with Crippen LogP contribution in [-0.2, 0) is 4.74 Å². The molecule has 2 aromatic carbocycles. The number of rotatable bonds is 4. The van der Waals surface area contributed by atoms with Crippen molar-refractivity contribution in [1.82, 2.24) is 0 Å². The van der Waals surface area contributed by atoms with Gasteiger partial charge in [0, 0.05) is 22.4 Å². The van der Waals surface area contributed by atoms with Gasteiger partial charge in [-0.15, -0.1) is 0 Å². The molecule has 134 valence electrons. The van der Waals surface area contributed by atoms with Gasteiger partial charge in [-0.1, -0.05) is 47.2 Å². The van der Waals surface area contributed by atoms with Gasteiger partial charge in [-0.3, -0.25) is 0 Å². The minimum absolute atomic E-state index is 0.241. The molecule has 1 aromatic heterocycles. The molecule has 1 unspecified atom stereocenters. The number of hydrogen-bond donors (Lipinski definition) is 0. The third-order valence-corrected chi connectivity index (χ3v) is 5.44. The summed E-state index contributed by atoms with van der Waals surface area (Å²) in [5.41, 5.74) is 2.24. The van der Waals surface area contributed by atoms with Crippen molar-refractivity contribution in [3.8, 4) is 26.6 Å². The molecule has 0 N–H and O–H groups in total. The molecule has 1 aliphatic rings. The number of halogens is 2. The van der Waals surface area contributed by atoms with Gasteiger partial charge in [0.25, 0.3) is 0 Å². The van der Waals surface area contributed by atoms with Crippen LogP contribution in [0.5, 0.6) is 5.06 Å². The molecule has 2 heterocycles. The Morgan fingerprint density at radius 1 is 0.962 bits per heavy atom. The fraction of sp³-hybridized carbons (Fsp3) is 0.238. The van der Waals surface area contributed by atoms with Crippen molar-refractivity contribution in [2.24, 2.45) is 0 Å². The Kier molecular flexibility index (Phi) is 4.74. The first-order chi connectivity index (χ1) is 12.6. The Morgan fingerprint density at radius 2 is 1.69 bits per heavy atom. The van der Waals surface area contributed by atoms with Crippen molar-refractivity contribution >= 4 is 11.3 Å². The average molecular weight is 372 g/mol. The zero-order valence-electron chi connectivity index (χ0n) is 14.3. The lowest BCUT2D eigenvalue weighted by atomic mass is 10.0. The van der Waals surface area contributed by atoms with E-state index in [9.17, 15) is 8.78 Å². The van der Waals surface area contributed by atoms with Gasteiger partial charge in [-0.25, -0.2) is 8.78 Å². The summed E-state index contributed by atoms with van der Waals surface area (Å²) < 4.78 is 40.5. The smallest absolute Gasteiger partial charge is 0.200 e. The topological polar surface area (TPSA) is 18.5 Å². The lowest BCUT2D eigenvalue weighted by Crippen LogP contribution is -2.12. The van der Waals surface area contributed by atoms with E-state index in [0.29, 0.717) is 22.1 Å². The lowest BCUT2D eigenvalue weighted by Gasteiger charge is -2.10. The monoisotopic (exact) mass is 372 g/mol. The van der Waals surface area contributed by atoms with Crippen LogP contribution in [0.4, 0.5) is 8.78 Å². The van der Waals surface area contributed by atoms with Gasteiger partial charge in [-0.05, 0) is 37.1 Å². The number of ether oxygens (including phenoxy) is 2. The Morgan fingerprint density at radius 3 is 2.42 bits per heavy atom. The van der Waals surface area contributed by atoms with E-state index in [0.717, 1.165) is 18.4 Å². The molecule has 1 fully saturated rings. The zero-order chi connectivity index (χ0) is 18.1. The van der Waals surface area contributed by atoms with Crippen molar-refractivity contribution in [2.45, 2.75) is 26.1 Å². The molecule has 0 radical (unpaired) electrons. The fourth-order valence-electron chi connectivity index (χ4n) is 2.99. The van der Waals surface area contributed by atoms with E-state index < -0.39 is 11.6 Å². The van der Waals surface area contributed by atoms with Crippen molar-refractivity contribution < 1.29 is 18.3 Å². The second-order valence-corrected chi connectivity index (χ2v) is 7.38. The quantitative estimate of drug-likeness (QED) is 0.544. The normalized spacial score (nSPS) is 16.8. The van der Waals surface area contributed by atoms with Crippen LogP contribution in [0.1, 0.15) is 18.4 Å². The molecule has 0 bridgehead atoms. The second-order valence-electron chi connectivity index (χ2n) is 6.33. The lowest BCUT2D eigenvalue weighted by molar-refractivity contribution is -0.0367. The van der Waals surface area contributed by atoms with E-state index in [1.54, 1.807) is 36.4 Å². The predicted octanol–water partition coefficient (Wildman–Crippen LogP) is 6.18. The summed E-state index contributed by atoms with van der Waals surface area (Å²) in [4.78, 5) is 0.629. The van der Waals surface area contributed by atoms with Gasteiger partial charge in [0.1, 0.15) is 0 Å². The molecule has 1 aliphatic heterocycles. The van der Waals surface area contributed by atoms with Crippen molar-refractivity contribution in [1.29, 1.82) is 0 Å². The van der Waals surface area contributed by atoms with E-state index in [1.165, 1.54) is 11.3 Å². The molecule has 4 rings (SSSR count). The van der Waals surface area contributed by atoms with E-state index >= 15 is 0 Å². The van der Waals surface area contributed by atoms with Gasteiger partial charge >= 0.3 is 0 Å². The Balaban J connectivity index is 1.62. The molecule has 0 amide bonds. The molecule has 2 nitrogen and oxygen atoms in total. The SMILES string of the molecule is Cc1ccc(-c2ccc(-c3ccc(OC4CCCO4)s3)c(F)c2F)cc1. The predicted molar refractivity (Wildman–Crippen MR) is 99.4 cm³/mol. The fourth-order valence-corrected chi connectivity index (χ4v) is 3.91. The number of thiophene rings is 1. The van der Waals surface area contributed by atoms with Gasteiger partial charge in [-0.2, -0.15) is 0 Å². The standard InChI is InChI=1S/C21H18F2O2S/c1-13-4-6-14(7-5-13)15-8-9-16(21(23)20(15)22)17-10-11-19(26-17)25-18-3-2-12-24-18/h4-11,18H,2-3,12H2,1H3. The van der Waals surface area contributed by atoms with Crippen LogP contribution in [0.3, 0.4) is 0 Å². The van der Waals surface area contributed by atoms with E-state index in [-0.39, 0.29) is 17.4 Å². The first-order valence-electron chi connectivity index (χ1n) is 8.55. The zero-order valence-corrected chi connectivity index (χ0v) is 15.1. The van der Waals surface area contributed by atoms with Crippen LogP contribution in [0, 0.1) is 18.6 Å². The third-order valence-electron chi connectivity index (χ3n) is 4.43. The molecule has 0 spiro atoms. The summed E-state index contributed by atoms with van der Waals surface area (Å²) in [6.07, 6.45) is 1.58. The third kappa shape index (κ3) is 3.37. The van der Waals surface area contributed by atoms with E-state index in [1.807, 2.05) is 19.1 Å². The summed E-state index contributed by atoms with van der Waals surface area (Å²) in [5, 5.41) is 0.648. The van der Waals surface area contributed by atoms with E-state index in [4.69, 9.17) is 9.47 Å². The van der Waals surface area contributed by atoms with Crippen LogP contribution < -0.4 is 4.74 Å². The Hall–Kier alpha value is -2.24. The minimum atomic E-state index is -0.839. The molecule has 5 heteroatoms. The van der Waals surface area contributed by atoms with E-state index in [2.05, 4.69) is 0 Å². The maximum Gasteiger partial charge on any atom is 0.200 e. The Bertz CT molecular complexity index is 912. The highest BCUT2D eigenvalue weighted by molar-refractivity contribution is 7.17. The molecular formula is C21H18F2O2S. The molecular weight excluding hydrogens is 354 g/mol. The average Bonchev–Trinajstić information content (AvgIpc) is 3.31. The highest BCUT2D eigenvalue weighted by atomic mass is 32.1. The van der Waals surface area contributed by atoms with Gasteiger partial charge in [0.05, 0.1) is 6.61 Å². The maximum absolute atomic E-state index is 14.7. The van der Waals surface area contributed by atoms with Crippen LogP contribution in [0.2, 0.25) is 0 Å². The Labute approximate surface area is 155 Å². The molecule has 0 aliphatic carbocycles. The second kappa shape index (κ2) is 7.17. The highest BCUT2D eigenvalue weighted by Gasteiger charge is 2.20. The van der Waals surface area contributed by atoms with Gasteiger partial charge in [0.2, 0.25) is 6.29 Å². The summed E-state index contributed by atoms with van der Waals surface area (Å²) in [5.74, 6) is -1.67. The highest BCUT2D eigenvalue weighted by Crippen LogP contribution is 2.38. The van der Waals surface area contributed by atoms with Crippen molar-refractivity contribution in [2.75, 3.05) is 6.61 Å². The molecule has 1 saturated heterocycles. The summed E-state index contributed by atoms with van der Waals surface area (Å²) in [7, 11) is 0. The summed E-state index contributed by atoms with van der Waals surface area (Å²) in [6.45, 7) is 2.65.